The van der Waals surface area contributed by atoms with E-state index in [1.807, 2.05) is 41.5 Å². The molecule has 0 N–H and O–H groups in total. The van der Waals surface area contributed by atoms with Gasteiger partial charge in [0.2, 0.25) is 0 Å². The third-order valence-electron chi connectivity index (χ3n) is 1.98. The van der Waals surface area contributed by atoms with E-state index in [2.05, 4.69) is 20.7 Å². The number of ether oxygens (including phenoxy) is 2. The lowest BCUT2D eigenvalue weighted by molar-refractivity contribution is -0.138. The first kappa shape index (κ1) is 22.5. The second-order valence-corrected chi connectivity index (χ2v) is 7.42. The molecule has 0 aromatic carbocycles. The number of unbranched alkanes of at least 4 members (excludes halogenated alkanes) is 1. The third kappa shape index (κ3) is 19.2. The Morgan fingerprint density at radius 3 is 1.90 bits per heavy atom. The van der Waals surface area contributed by atoms with Crippen LogP contribution >= 0.6 is 15.9 Å². The molecule has 0 aromatic rings. The lowest BCUT2D eigenvalue weighted by atomic mass is 10.2. The van der Waals surface area contributed by atoms with Crippen LogP contribution in [0.1, 0.15) is 54.4 Å². The van der Waals surface area contributed by atoms with Crippen molar-refractivity contribution in [3.05, 3.63) is 0 Å². The maximum absolute atomic E-state index is 11.4. The van der Waals surface area contributed by atoms with Gasteiger partial charge in [0.25, 0.3) is 6.47 Å². The smallest absolute Gasteiger partial charge is 0.410 e. The molecule has 0 rings (SSSR count). The highest BCUT2D eigenvalue weighted by molar-refractivity contribution is 9.09. The summed E-state index contributed by atoms with van der Waals surface area (Å²) >= 11 is 3.35. The summed E-state index contributed by atoms with van der Waals surface area (Å²) < 4.78 is 9.75. The maximum atomic E-state index is 11.4. The molecule has 0 radical (unpaired) electrons. The lowest BCUT2D eigenvalue weighted by Gasteiger charge is -2.24. The van der Waals surface area contributed by atoms with Crippen molar-refractivity contribution in [1.29, 1.82) is 0 Å². The van der Waals surface area contributed by atoms with Crippen LogP contribution in [-0.2, 0) is 14.3 Å². The molecule has 0 aromatic heterocycles. The Hall–Kier alpha value is -0.780. The predicted octanol–water partition coefficient (Wildman–Crippen LogP) is 3.99. The lowest BCUT2D eigenvalue weighted by Crippen LogP contribution is -2.34. The topological polar surface area (TPSA) is 55.8 Å². The third-order valence-corrected chi connectivity index (χ3v) is 2.54. The van der Waals surface area contributed by atoms with Crippen molar-refractivity contribution < 1.29 is 19.1 Å². The molecule has 0 unspecified atom stereocenters. The molecule has 0 aliphatic rings. The zero-order valence-electron chi connectivity index (χ0n) is 14.4. The van der Waals surface area contributed by atoms with Crippen molar-refractivity contribution in [2.45, 2.75) is 65.6 Å². The summed E-state index contributed by atoms with van der Waals surface area (Å²) in [7, 11) is 1.77. The summed E-state index contributed by atoms with van der Waals surface area (Å²) in [5.74, 6) is 0. The fraction of sp³-hybridized carbons (Fsp3) is 0.867. The largest absolute Gasteiger partial charge is 0.462 e. The van der Waals surface area contributed by atoms with Crippen molar-refractivity contribution in [3.8, 4) is 0 Å². The van der Waals surface area contributed by atoms with Gasteiger partial charge in [-0.05, 0) is 54.4 Å². The monoisotopic (exact) mass is 367 g/mol. The molecule has 0 saturated heterocycles. The number of hydrogen-bond acceptors (Lipinski definition) is 4. The minimum Gasteiger partial charge on any atom is -0.462 e. The number of hydrogen-bond donors (Lipinski definition) is 0. The van der Waals surface area contributed by atoms with Gasteiger partial charge in [-0.2, -0.15) is 0 Å². The molecule has 6 heteroatoms. The number of carbonyl (C=O) groups is 2. The van der Waals surface area contributed by atoms with E-state index in [1.54, 1.807) is 11.9 Å². The minimum absolute atomic E-state index is 0.243. The summed E-state index contributed by atoms with van der Waals surface area (Å²) in [5.41, 5.74) is -0.720. The molecule has 0 aliphatic carbocycles. The van der Waals surface area contributed by atoms with E-state index in [0.717, 1.165) is 24.7 Å². The average molecular weight is 368 g/mol. The number of halogens is 1. The van der Waals surface area contributed by atoms with Gasteiger partial charge in [0.05, 0.1) is 0 Å². The summed E-state index contributed by atoms with van der Waals surface area (Å²) in [4.78, 5) is 22.7. The van der Waals surface area contributed by atoms with Gasteiger partial charge in [-0.15, -0.1) is 0 Å². The van der Waals surface area contributed by atoms with Crippen LogP contribution < -0.4 is 0 Å². The van der Waals surface area contributed by atoms with Crippen LogP contribution in [0.4, 0.5) is 4.79 Å². The van der Waals surface area contributed by atoms with Gasteiger partial charge in [0, 0.05) is 18.9 Å². The van der Waals surface area contributed by atoms with Gasteiger partial charge in [0.1, 0.15) is 11.2 Å². The van der Waals surface area contributed by atoms with Gasteiger partial charge in [0.15, 0.2) is 0 Å². The average Bonchev–Trinajstić information content (AvgIpc) is 2.26. The van der Waals surface area contributed by atoms with E-state index in [1.165, 1.54) is 0 Å². The van der Waals surface area contributed by atoms with Gasteiger partial charge in [-0.3, -0.25) is 4.79 Å². The fourth-order valence-electron chi connectivity index (χ4n) is 1.02. The Labute approximate surface area is 137 Å². The summed E-state index contributed by atoms with van der Waals surface area (Å²) in [6.07, 6.45) is 1.83. The van der Waals surface area contributed by atoms with Crippen LogP contribution in [0.25, 0.3) is 0 Å². The first-order valence-electron chi connectivity index (χ1n) is 7.04. The Balaban J connectivity index is 0. The fourth-order valence-corrected chi connectivity index (χ4v) is 1.42. The Kier molecular flexibility index (Phi) is 11.7. The van der Waals surface area contributed by atoms with Crippen LogP contribution in [0.15, 0.2) is 0 Å². The van der Waals surface area contributed by atoms with Crippen LogP contribution in [0.2, 0.25) is 0 Å². The minimum atomic E-state index is -0.402. The second-order valence-electron chi connectivity index (χ2n) is 6.62. The van der Waals surface area contributed by atoms with Gasteiger partial charge in [-0.1, -0.05) is 15.9 Å². The van der Waals surface area contributed by atoms with Crippen molar-refractivity contribution in [2.75, 3.05) is 18.9 Å². The predicted molar refractivity (Wildman–Crippen MR) is 88.8 cm³/mol. The normalized spacial score (nSPS) is 11.0. The van der Waals surface area contributed by atoms with Crippen LogP contribution in [-0.4, -0.2) is 47.6 Å². The molecule has 0 atom stereocenters. The zero-order chi connectivity index (χ0) is 17.1. The molecule has 0 fully saturated rings. The van der Waals surface area contributed by atoms with Gasteiger partial charge < -0.3 is 14.4 Å². The van der Waals surface area contributed by atoms with E-state index in [0.29, 0.717) is 6.47 Å². The molecule has 0 saturated carbocycles. The van der Waals surface area contributed by atoms with Crippen molar-refractivity contribution >= 4 is 28.5 Å². The second kappa shape index (κ2) is 10.9. The summed E-state index contributed by atoms with van der Waals surface area (Å²) in [6, 6.07) is 0. The molecular formula is C15H30BrNO4. The molecule has 1 amide bonds. The number of alkyl halides is 1. The van der Waals surface area contributed by atoms with Crippen LogP contribution in [0, 0.1) is 0 Å². The van der Waals surface area contributed by atoms with E-state index >= 15 is 0 Å². The number of nitrogens with zero attached hydrogens (tertiary/aromatic N) is 1. The number of amides is 1. The molecule has 0 heterocycles. The van der Waals surface area contributed by atoms with Crippen molar-refractivity contribution in [1.82, 2.24) is 4.90 Å². The molecule has 5 nitrogen and oxygen atoms in total. The maximum Gasteiger partial charge on any atom is 0.410 e. The van der Waals surface area contributed by atoms with Crippen molar-refractivity contribution in [2.24, 2.45) is 0 Å². The van der Waals surface area contributed by atoms with Gasteiger partial charge >= 0.3 is 6.09 Å². The number of rotatable bonds is 5. The van der Waals surface area contributed by atoms with E-state index in [9.17, 15) is 9.59 Å². The summed E-state index contributed by atoms with van der Waals surface area (Å²) in [5, 5.41) is 0.981. The van der Waals surface area contributed by atoms with Crippen LogP contribution in [0.3, 0.4) is 0 Å². The van der Waals surface area contributed by atoms with E-state index in [4.69, 9.17) is 4.74 Å². The Bertz CT molecular complexity index is 295. The summed E-state index contributed by atoms with van der Waals surface area (Å²) in [6.45, 7) is 12.3. The number of carbonyl (C=O) groups excluding carboxylic acids is 2. The molecule has 0 aliphatic heterocycles. The van der Waals surface area contributed by atoms with Crippen LogP contribution in [0.5, 0.6) is 0 Å². The van der Waals surface area contributed by atoms with E-state index < -0.39 is 5.60 Å². The SMILES string of the molecule is CC(C)(C)OC=O.CN(CCCCBr)C(=O)OC(C)(C)C. The molecular weight excluding hydrogens is 338 g/mol. The highest BCUT2D eigenvalue weighted by atomic mass is 79.9. The highest BCUT2D eigenvalue weighted by Gasteiger charge is 2.18. The zero-order valence-corrected chi connectivity index (χ0v) is 15.9. The first-order valence-corrected chi connectivity index (χ1v) is 8.16. The molecule has 21 heavy (non-hydrogen) atoms. The Morgan fingerprint density at radius 1 is 1.10 bits per heavy atom. The van der Waals surface area contributed by atoms with Gasteiger partial charge in [-0.25, -0.2) is 4.79 Å². The Morgan fingerprint density at radius 2 is 1.62 bits per heavy atom. The van der Waals surface area contributed by atoms with E-state index in [-0.39, 0.29) is 11.7 Å². The standard InChI is InChI=1S/C10H20BrNO2.C5H10O2/c1-10(2,3)14-9(13)12(4)8-6-5-7-11;1-5(2,3)7-4-6/h5-8H2,1-4H3;4H,1-3H3. The molecule has 0 spiro atoms. The highest BCUT2D eigenvalue weighted by Crippen LogP contribution is 2.09. The first-order chi connectivity index (χ1) is 9.43. The molecule has 0 bridgehead atoms. The molecule has 126 valence electrons. The quantitative estimate of drug-likeness (QED) is 0.418. The van der Waals surface area contributed by atoms with Crippen molar-refractivity contribution in [3.63, 3.8) is 0 Å².